The summed E-state index contributed by atoms with van der Waals surface area (Å²) in [6.45, 7) is 1.92. The number of carbonyl (C=O) groups is 2. The number of benzene rings is 1. The van der Waals surface area contributed by atoms with Crippen molar-refractivity contribution in [3.8, 4) is 5.75 Å². The van der Waals surface area contributed by atoms with E-state index in [-0.39, 0.29) is 49.3 Å². The van der Waals surface area contributed by atoms with Crippen molar-refractivity contribution in [2.45, 2.75) is 32.0 Å². The molecule has 2 heterocycles. The number of likely N-dealkylation sites (N-methyl/N-ethyl adjacent to an activating group) is 1. The highest BCUT2D eigenvalue weighted by atomic mass is 35.5. The number of fused-ring (bicyclic) bond motifs is 1. The Kier molecular flexibility index (Phi) is 6.30. The number of pyridine rings is 1. The van der Waals surface area contributed by atoms with Crippen molar-refractivity contribution in [2.75, 3.05) is 13.2 Å². The third kappa shape index (κ3) is 3.63. The van der Waals surface area contributed by atoms with Crippen LogP contribution < -0.4 is 10.7 Å². The monoisotopic (exact) mass is 469 g/mol. The van der Waals surface area contributed by atoms with E-state index in [1.54, 1.807) is 11.8 Å². The predicted octanol–water partition coefficient (Wildman–Crippen LogP) is 1.41. The van der Waals surface area contributed by atoms with Crippen LogP contribution >= 0.6 is 12.4 Å². The van der Waals surface area contributed by atoms with Crippen molar-refractivity contribution in [1.82, 2.24) is 14.8 Å². The zero-order valence-electron chi connectivity index (χ0n) is 17.1. The first-order chi connectivity index (χ1) is 14.7. The van der Waals surface area contributed by atoms with Crippen LogP contribution in [0, 0.1) is 17.6 Å². The molecule has 2 aromatic rings. The van der Waals surface area contributed by atoms with Crippen LogP contribution in [0.2, 0.25) is 0 Å². The van der Waals surface area contributed by atoms with Gasteiger partial charge in [-0.1, -0.05) is 6.07 Å². The van der Waals surface area contributed by atoms with Gasteiger partial charge >= 0.3 is 0 Å². The van der Waals surface area contributed by atoms with E-state index < -0.39 is 45.7 Å². The van der Waals surface area contributed by atoms with E-state index in [2.05, 4.69) is 5.32 Å². The van der Waals surface area contributed by atoms with Gasteiger partial charge in [0.1, 0.15) is 17.2 Å². The minimum atomic E-state index is -1.02. The standard InChI is InChI=1S/C21H21F2N3O5.ClH/c1-2-26-20(31)16-18(29)17(28)14(8-25(16)10-21(26)6-12(21)9-27)19(30)24-7-11-3-4-13(22)5-15(11)23;/h3-5,8,12,27,29H,2,6-7,9-10H2,1H3,(H,24,30);1H/t12-,21-;/m1./s1. The highest BCUT2D eigenvalue weighted by molar-refractivity contribution is 5.99. The molecule has 11 heteroatoms. The second kappa shape index (κ2) is 8.51. The zero-order valence-corrected chi connectivity index (χ0v) is 17.9. The normalized spacial score (nSPS) is 21.2. The van der Waals surface area contributed by atoms with E-state index in [1.807, 2.05) is 0 Å². The molecule has 32 heavy (non-hydrogen) atoms. The molecule has 1 saturated carbocycles. The molecule has 4 rings (SSSR count). The molecule has 1 aromatic carbocycles. The van der Waals surface area contributed by atoms with Gasteiger partial charge in [0.25, 0.3) is 11.8 Å². The van der Waals surface area contributed by atoms with Crippen molar-refractivity contribution in [2.24, 2.45) is 5.92 Å². The minimum Gasteiger partial charge on any atom is -0.503 e. The molecule has 1 fully saturated rings. The van der Waals surface area contributed by atoms with Gasteiger partial charge in [-0.05, 0) is 19.4 Å². The molecule has 1 aromatic heterocycles. The molecule has 0 saturated heterocycles. The predicted molar refractivity (Wildman–Crippen MR) is 112 cm³/mol. The molecular weight excluding hydrogens is 448 g/mol. The van der Waals surface area contributed by atoms with E-state index in [1.165, 1.54) is 16.8 Å². The smallest absolute Gasteiger partial charge is 0.275 e. The Hall–Kier alpha value is -2.98. The van der Waals surface area contributed by atoms with Crippen LogP contribution in [0.15, 0.2) is 29.2 Å². The maximum absolute atomic E-state index is 13.8. The fourth-order valence-corrected chi connectivity index (χ4v) is 4.39. The average Bonchev–Trinajstić information content (AvgIpc) is 3.42. The molecule has 8 nitrogen and oxygen atoms in total. The summed E-state index contributed by atoms with van der Waals surface area (Å²) < 4.78 is 28.2. The molecule has 0 bridgehead atoms. The van der Waals surface area contributed by atoms with Crippen molar-refractivity contribution in [3.63, 3.8) is 0 Å². The summed E-state index contributed by atoms with van der Waals surface area (Å²) in [4.78, 5) is 39.7. The van der Waals surface area contributed by atoms with Gasteiger partial charge < -0.3 is 25.0 Å². The number of amides is 2. The summed E-state index contributed by atoms with van der Waals surface area (Å²) >= 11 is 0. The summed E-state index contributed by atoms with van der Waals surface area (Å²) in [5.74, 6) is -3.98. The Morgan fingerprint density at radius 2 is 2.03 bits per heavy atom. The first kappa shape index (κ1) is 23.7. The van der Waals surface area contributed by atoms with Gasteiger partial charge in [-0.15, -0.1) is 12.4 Å². The average molecular weight is 470 g/mol. The van der Waals surface area contributed by atoms with Gasteiger partial charge in [-0.25, -0.2) is 8.78 Å². The summed E-state index contributed by atoms with van der Waals surface area (Å²) in [5.41, 5.74) is -2.23. The summed E-state index contributed by atoms with van der Waals surface area (Å²) in [5, 5.41) is 22.4. The topological polar surface area (TPSA) is 112 Å². The first-order valence-electron chi connectivity index (χ1n) is 9.84. The number of nitrogens with zero attached hydrogens (tertiary/aromatic N) is 2. The lowest BCUT2D eigenvalue weighted by atomic mass is 10.0. The van der Waals surface area contributed by atoms with Crippen LogP contribution in [0.4, 0.5) is 8.78 Å². The van der Waals surface area contributed by atoms with Crippen molar-refractivity contribution in [3.05, 3.63) is 63.1 Å². The molecule has 2 atom stereocenters. The number of carbonyl (C=O) groups excluding carboxylic acids is 2. The Morgan fingerprint density at radius 3 is 2.62 bits per heavy atom. The fourth-order valence-electron chi connectivity index (χ4n) is 4.39. The quantitative estimate of drug-likeness (QED) is 0.613. The molecule has 3 N–H and O–H groups in total. The van der Waals surface area contributed by atoms with E-state index >= 15 is 0 Å². The van der Waals surface area contributed by atoms with E-state index in [9.17, 15) is 33.4 Å². The number of halogens is 3. The van der Waals surface area contributed by atoms with Crippen LogP contribution in [-0.4, -0.2) is 50.2 Å². The fraction of sp³-hybridized carbons (Fsp3) is 0.381. The highest BCUT2D eigenvalue weighted by Crippen LogP contribution is 2.52. The molecule has 172 valence electrons. The molecule has 2 aliphatic rings. The number of aromatic hydroxyl groups is 1. The largest absolute Gasteiger partial charge is 0.503 e. The number of nitrogens with one attached hydrogen (secondary N) is 1. The van der Waals surface area contributed by atoms with Crippen molar-refractivity contribution in [1.29, 1.82) is 0 Å². The van der Waals surface area contributed by atoms with Crippen LogP contribution in [-0.2, 0) is 13.1 Å². The van der Waals surface area contributed by atoms with Crippen molar-refractivity contribution < 1.29 is 28.6 Å². The van der Waals surface area contributed by atoms with Crippen LogP contribution in [0.25, 0.3) is 0 Å². The highest BCUT2D eigenvalue weighted by Gasteiger charge is 2.61. The van der Waals surface area contributed by atoms with Gasteiger partial charge in [0, 0.05) is 50.0 Å². The lowest BCUT2D eigenvalue weighted by Crippen LogP contribution is -2.52. The van der Waals surface area contributed by atoms with Crippen LogP contribution in [0.3, 0.4) is 0 Å². The second-order valence-electron chi connectivity index (χ2n) is 7.85. The van der Waals surface area contributed by atoms with E-state index in [0.717, 1.165) is 6.07 Å². The van der Waals surface area contributed by atoms with Crippen LogP contribution in [0.1, 0.15) is 39.8 Å². The number of aliphatic hydroxyl groups is 1. The van der Waals surface area contributed by atoms with E-state index in [4.69, 9.17) is 0 Å². The minimum absolute atomic E-state index is 0. The number of hydrogen-bond donors (Lipinski definition) is 3. The molecule has 1 aliphatic heterocycles. The molecular formula is C21H22ClF2N3O5. The Labute approximate surface area is 187 Å². The van der Waals surface area contributed by atoms with Gasteiger partial charge in [0.2, 0.25) is 5.43 Å². The molecule has 1 aliphatic carbocycles. The molecule has 0 radical (unpaired) electrons. The van der Waals surface area contributed by atoms with Crippen LogP contribution in [0.5, 0.6) is 5.75 Å². The number of aromatic nitrogens is 1. The lowest BCUT2D eigenvalue weighted by molar-refractivity contribution is 0.0508. The maximum atomic E-state index is 13.8. The van der Waals surface area contributed by atoms with Gasteiger partial charge in [-0.3, -0.25) is 14.4 Å². The summed E-state index contributed by atoms with van der Waals surface area (Å²) in [6.07, 6.45) is 1.77. The Balaban J connectivity index is 0.00000289. The van der Waals surface area contributed by atoms with E-state index in [0.29, 0.717) is 19.0 Å². The lowest BCUT2D eigenvalue weighted by Gasteiger charge is -2.38. The number of aliphatic hydroxyl groups excluding tert-OH is 1. The Morgan fingerprint density at radius 1 is 1.31 bits per heavy atom. The van der Waals surface area contributed by atoms with Gasteiger partial charge in [0.05, 0.1) is 5.54 Å². The summed E-state index contributed by atoms with van der Waals surface area (Å²) in [6, 6.07) is 2.90. The second-order valence-corrected chi connectivity index (χ2v) is 7.85. The number of hydrogen-bond acceptors (Lipinski definition) is 5. The molecule has 2 amide bonds. The van der Waals surface area contributed by atoms with Crippen molar-refractivity contribution >= 4 is 24.2 Å². The zero-order chi connectivity index (χ0) is 22.5. The molecule has 0 unspecified atom stereocenters. The number of rotatable bonds is 5. The first-order valence-corrected chi connectivity index (χ1v) is 9.84. The third-order valence-corrected chi connectivity index (χ3v) is 6.12. The maximum Gasteiger partial charge on any atom is 0.275 e. The Bertz CT molecular complexity index is 1150. The summed E-state index contributed by atoms with van der Waals surface area (Å²) in [7, 11) is 0. The van der Waals surface area contributed by atoms with Gasteiger partial charge in [0.15, 0.2) is 11.4 Å². The van der Waals surface area contributed by atoms with Gasteiger partial charge in [-0.2, -0.15) is 0 Å². The molecule has 1 spiro atoms. The third-order valence-electron chi connectivity index (χ3n) is 6.12. The SMILES string of the molecule is CCN1C(=O)c2c(O)c(=O)c(C(=O)NCc3ccc(F)cc3F)cn2C[C@@]12C[C@@H]2CO.Cl.